The number of carbonyl (C=O) groups excluding carboxylic acids is 2. The van der Waals surface area contributed by atoms with Gasteiger partial charge in [0.05, 0.1) is 0 Å². The zero-order chi connectivity index (χ0) is 7.56. The van der Waals surface area contributed by atoms with E-state index in [1.165, 1.54) is 0 Å². The van der Waals surface area contributed by atoms with E-state index < -0.39 is 0 Å². The fourth-order valence-corrected chi connectivity index (χ4v) is 2.57. The summed E-state index contributed by atoms with van der Waals surface area (Å²) in [6.45, 7) is 0. The molecule has 0 bridgehead atoms. The van der Waals surface area contributed by atoms with Crippen molar-refractivity contribution in [1.29, 1.82) is 0 Å². The number of thioether (sulfide) groups is 2. The van der Waals surface area contributed by atoms with Gasteiger partial charge in [-0.05, 0) is 23.5 Å². The summed E-state index contributed by atoms with van der Waals surface area (Å²) in [5, 5.41) is 0.00620. The van der Waals surface area contributed by atoms with E-state index in [-0.39, 0.29) is 98.9 Å². The van der Waals surface area contributed by atoms with Gasteiger partial charge in [-0.1, -0.05) is 12.2 Å². The Kier molecular flexibility index (Phi) is 19.1. The minimum absolute atomic E-state index is 0. The summed E-state index contributed by atoms with van der Waals surface area (Å²) in [6.07, 6.45) is 0.660. The molecular weight excluding hydrogens is 257 g/mol. The summed E-state index contributed by atoms with van der Waals surface area (Å²) < 4.78 is 0.438. The Hall–Kier alpha value is 3.13. The molecule has 3 radical (unpaired) electrons. The Morgan fingerprint density at radius 2 is 1.23 bits per heavy atom. The monoisotopic (exact) mass is 261 g/mol. The number of carbonyl (C=O) groups is 2. The fourth-order valence-electron chi connectivity index (χ4n) is 0.513. The molecule has 1 fully saturated rings. The standard InChI is InChI=1S/C5H4O2S3.3Na/c6-3-1-2-4(7)10-5(8)9-3;;;/h1-2H2;;;. The van der Waals surface area contributed by atoms with E-state index in [2.05, 4.69) is 0 Å². The average molecular weight is 261 g/mol. The van der Waals surface area contributed by atoms with Gasteiger partial charge in [-0.2, -0.15) is 0 Å². The molecule has 0 aromatic carbocycles. The molecular formula is C5H4Na3O2S3. The average Bonchev–Trinajstić information content (AvgIpc) is 1.93. The molecule has 57 valence electrons. The van der Waals surface area contributed by atoms with Crippen LogP contribution in [0.3, 0.4) is 0 Å². The van der Waals surface area contributed by atoms with Crippen molar-refractivity contribution >= 4 is 138 Å². The summed E-state index contributed by atoms with van der Waals surface area (Å²) in [5.74, 6) is 0. The molecule has 1 saturated heterocycles. The molecule has 8 heteroatoms. The molecule has 0 aromatic rings. The van der Waals surface area contributed by atoms with Crippen molar-refractivity contribution in [2.75, 3.05) is 0 Å². The predicted molar refractivity (Wildman–Crippen MR) is 64.3 cm³/mol. The van der Waals surface area contributed by atoms with Crippen LogP contribution in [0.4, 0.5) is 0 Å². The summed E-state index contributed by atoms with van der Waals surface area (Å²) in [4.78, 5) is 21.5. The van der Waals surface area contributed by atoms with E-state index >= 15 is 0 Å². The van der Waals surface area contributed by atoms with E-state index in [1.54, 1.807) is 0 Å². The van der Waals surface area contributed by atoms with Gasteiger partial charge < -0.3 is 0 Å². The summed E-state index contributed by atoms with van der Waals surface area (Å²) >= 11 is 6.73. The SMILES string of the molecule is O=C1CCC(=O)SC(=S)S1.[Na].[Na].[Na]. The Morgan fingerprint density at radius 3 is 1.54 bits per heavy atom. The second-order valence-electron chi connectivity index (χ2n) is 1.70. The van der Waals surface area contributed by atoms with Crippen LogP contribution >= 0.6 is 35.7 Å². The second-order valence-corrected chi connectivity index (χ2v) is 5.02. The molecule has 0 saturated carbocycles. The van der Waals surface area contributed by atoms with Gasteiger partial charge in [0.2, 0.25) is 0 Å². The van der Waals surface area contributed by atoms with Gasteiger partial charge in [-0.15, -0.1) is 0 Å². The number of hydrogen-bond donors (Lipinski definition) is 0. The van der Waals surface area contributed by atoms with Crippen LogP contribution in [0.2, 0.25) is 0 Å². The third kappa shape index (κ3) is 10.0. The molecule has 0 aromatic heterocycles. The van der Waals surface area contributed by atoms with Gasteiger partial charge in [-0.3, -0.25) is 9.59 Å². The van der Waals surface area contributed by atoms with Crippen molar-refractivity contribution in [2.24, 2.45) is 0 Å². The van der Waals surface area contributed by atoms with E-state index in [0.29, 0.717) is 16.4 Å². The van der Waals surface area contributed by atoms with Crippen LogP contribution in [0.25, 0.3) is 0 Å². The third-order valence-electron chi connectivity index (χ3n) is 0.928. The molecule has 13 heavy (non-hydrogen) atoms. The van der Waals surface area contributed by atoms with Gasteiger partial charge in [0.15, 0.2) is 10.2 Å². The largest absolute Gasteiger partial charge is 0.287 e. The first-order valence-corrected chi connectivity index (χ1v) is 4.68. The van der Waals surface area contributed by atoms with Gasteiger partial charge in [0.25, 0.3) is 0 Å². The van der Waals surface area contributed by atoms with Gasteiger partial charge in [0.1, 0.15) is 3.53 Å². The second kappa shape index (κ2) is 11.6. The van der Waals surface area contributed by atoms with E-state index in [1.807, 2.05) is 0 Å². The first kappa shape index (κ1) is 21.4. The van der Waals surface area contributed by atoms with E-state index in [9.17, 15) is 9.59 Å². The molecule has 1 rings (SSSR count). The number of thiocarbonyl (C=S) groups is 1. The van der Waals surface area contributed by atoms with E-state index in [4.69, 9.17) is 12.2 Å². The van der Waals surface area contributed by atoms with Crippen molar-refractivity contribution in [3.63, 3.8) is 0 Å². The molecule has 0 unspecified atom stereocenters. The van der Waals surface area contributed by atoms with Crippen LogP contribution in [0, 0.1) is 0 Å². The molecule has 0 N–H and O–H groups in total. The minimum atomic E-state index is 0. The Balaban J connectivity index is -0.000000333. The Bertz CT molecular complexity index is 189. The molecule has 0 spiro atoms. The van der Waals surface area contributed by atoms with Gasteiger partial charge >= 0.3 is 0 Å². The first-order chi connectivity index (χ1) is 4.68. The van der Waals surface area contributed by atoms with Crippen molar-refractivity contribution in [3.8, 4) is 0 Å². The van der Waals surface area contributed by atoms with Crippen molar-refractivity contribution in [2.45, 2.75) is 12.8 Å². The maximum Gasteiger partial charge on any atom is 0.195 e. The molecule has 0 aliphatic carbocycles. The molecule has 1 aliphatic rings. The first-order valence-electron chi connectivity index (χ1n) is 2.64. The zero-order valence-corrected chi connectivity index (χ0v) is 16.4. The summed E-state index contributed by atoms with van der Waals surface area (Å²) in [7, 11) is 0. The van der Waals surface area contributed by atoms with Crippen LogP contribution < -0.4 is 0 Å². The zero-order valence-electron chi connectivity index (χ0n) is 7.96. The van der Waals surface area contributed by atoms with Crippen molar-refractivity contribution in [3.05, 3.63) is 0 Å². The van der Waals surface area contributed by atoms with Gasteiger partial charge in [0, 0.05) is 102 Å². The molecule has 1 aliphatic heterocycles. The summed E-state index contributed by atoms with van der Waals surface area (Å²) in [6, 6.07) is 0. The molecule has 0 amide bonds. The third-order valence-corrected chi connectivity index (χ3v) is 3.12. The van der Waals surface area contributed by atoms with Crippen molar-refractivity contribution < 1.29 is 9.59 Å². The predicted octanol–water partition coefficient (Wildman–Crippen LogP) is 0.442. The maximum absolute atomic E-state index is 10.7. The fraction of sp³-hybridized carbons (Fsp3) is 0.400. The van der Waals surface area contributed by atoms with Crippen LogP contribution in [0.15, 0.2) is 0 Å². The molecule has 2 nitrogen and oxygen atoms in total. The van der Waals surface area contributed by atoms with Crippen LogP contribution in [-0.2, 0) is 9.59 Å². The summed E-state index contributed by atoms with van der Waals surface area (Å²) in [5.41, 5.74) is 0. The Morgan fingerprint density at radius 1 is 0.923 bits per heavy atom. The normalized spacial score (nSPS) is 16.2. The number of rotatable bonds is 0. The topological polar surface area (TPSA) is 34.1 Å². The Labute approximate surface area is 157 Å². The smallest absolute Gasteiger partial charge is 0.195 e. The van der Waals surface area contributed by atoms with Crippen LogP contribution in [0.5, 0.6) is 0 Å². The van der Waals surface area contributed by atoms with Crippen LogP contribution in [0.1, 0.15) is 12.8 Å². The van der Waals surface area contributed by atoms with E-state index in [0.717, 1.165) is 23.5 Å². The van der Waals surface area contributed by atoms with Gasteiger partial charge in [-0.25, -0.2) is 0 Å². The maximum atomic E-state index is 10.7. The van der Waals surface area contributed by atoms with Crippen LogP contribution in [-0.4, -0.2) is 102 Å². The molecule has 1 heterocycles. The minimum Gasteiger partial charge on any atom is -0.287 e. The van der Waals surface area contributed by atoms with Crippen molar-refractivity contribution in [1.82, 2.24) is 0 Å². The molecule has 0 atom stereocenters. The quantitative estimate of drug-likeness (QED) is 0.467. The number of hydrogen-bond acceptors (Lipinski definition) is 5.